The van der Waals surface area contributed by atoms with Crippen LogP contribution in [-0.4, -0.2) is 57.2 Å². The van der Waals surface area contributed by atoms with E-state index in [1.807, 2.05) is 48.5 Å². The van der Waals surface area contributed by atoms with Crippen molar-refractivity contribution in [1.82, 2.24) is 20.4 Å². The normalized spacial score (nSPS) is 13.0. The van der Waals surface area contributed by atoms with Gasteiger partial charge in [0, 0.05) is 19.5 Å². The predicted molar refractivity (Wildman–Crippen MR) is 126 cm³/mol. The summed E-state index contributed by atoms with van der Waals surface area (Å²) in [5.41, 5.74) is 4.76. The van der Waals surface area contributed by atoms with E-state index in [1.54, 1.807) is 7.05 Å². The van der Waals surface area contributed by atoms with Crippen LogP contribution in [0.25, 0.3) is 11.1 Å². The van der Waals surface area contributed by atoms with Gasteiger partial charge in [0.15, 0.2) is 0 Å². The molecule has 4 N–H and O–H groups in total. The molecular formula is C25H26N4O6. The number of fused-ring (bicyclic) bond motifs is 3. The molecule has 1 aliphatic carbocycles. The smallest absolute Gasteiger partial charge is 0.407 e. The number of ether oxygens (including phenoxy) is 1. The van der Waals surface area contributed by atoms with Gasteiger partial charge in [0.1, 0.15) is 12.2 Å². The second kappa shape index (κ2) is 10.4. The largest absolute Gasteiger partial charge is 0.478 e. The van der Waals surface area contributed by atoms with Gasteiger partial charge in [-0.2, -0.15) is 5.10 Å². The van der Waals surface area contributed by atoms with Crippen LogP contribution in [0.5, 0.6) is 0 Å². The fourth-order valence-electron chi connectivity index (χ4n) is 4.24. The maximum atomic E-state index is 12.2. The molecule has 10 heteroatoms. The van der Waals surface area contributed by atoms with Crippen LogP contribution in [0.3, 0.4) is 0 Å². The molecule has 1 atom stereocenters. The number of carboxylic acids is 1. The lowest BCUT2D eigenvalue weighted by Crippen LogP contribution is -2.36. The summed E-state index contributed by atoms with van der Waals surface area (Å²) in [6.45, 7) is -0.0767. The topological polar surface area (TPSA) is 143 Å². The lowest BCUT2D eigenvalue weighted by molar-refractivity contribution is -0.123. The zero-order valence-electron chi connectivity index (χ0n) is 19.1. The Hall–Kier alpha value is -4.18. The number of nitrogens with zero attached hydrogens (tertiary/aromatic N) is 2. The van der Waals surface area contributed by atoms with E-state index in [2.05, 4.69) is 15.7 Å². The molecule has 0 aliphatic heterocycles. The minimum Gasteiger partial charge on any atom is -0.478 e. The highest BCUT2D eigenvalue weighted by Gasteiger charge is 2.29. The molecule has 2 aromatic carbocycles. The van der Waals surface area contributed by atoms with Crippen molar-refractivity contribution in [2.45, 2.75) is 25.0 Å². The number of aromatic carboxylic acids is 1. The Morgan fingerprint density at radius 3 is 2.31 bits per heavy atom. The van der Waals surface area contributed by atoms with Crippen LogP contribution in [0.1, 0.15) is 39.5 Å². The highest BCUT2D eigenvalue weighted by atomic mass is 16.5. The number of carboxylic acid groups (broad SMARTS) is 1. The monoisotopic (exact) mass is 478 g/mol. The molecule has 1 unspecified atom stereocenters. The maximum absolute atomic E-state index is 12.2. The van der Waals surface area contributed by atoms with Gasteiger partial charge >= 0.3 is 12.1 Å². The first-order valence-electron chi connectivity index (χ1n) is 11.1. The van der Waals surface area contributed by atoms with E-state index in [1.165, 1.54) is 10.9 Å². The molecule has 182 valence electrons. The van der Waals surface area contributed by atoms with Gasteiger partial charge in [0.25, 0.3) is 0 Å². The molecule has 2 amide bonds. The average Bonchev–Trinajstić information content (AvgIpc) is 3.37. The van der Waals surface area contributed by atoms with Crippen molar-refractivity contribution in [2.75, 3.05) is 13.2 Å². The Labute approximate surface area is 201 Å². The van der Waals surface area contributed by atoms with E-state index in [4.69, 9.17) is 9.84 Å². The number of nitrogens with one attached hydrogen (secondary N) is 2. The SMILES string of the molecule is Cn1ncc(C(=O)O)c1CNC(=O)CC(O)CNC(=O)OCC1c2ccccc2-c2ccccc21. The number of amides is 2. The van der Waals surface area contributed by atoms with Gasteiger partial charge < -0.3 is 25.6 Å². The fraction of sp³-hybridized carbons (Fsp3) is 0.280. The number of aliphatic hydroxyl groups excluding tert-OH is 1. The summed E-state index contributed by atoms with van der Waals surface area (Å²) < 4.78 is 6.77. The van der Waals surface area contributed by atoms with Crippen molar-refractivity contribution >= 4 is 18.0 Å². The van der Waals surface area contributed by atoms with E-state index in [0.29, 0.717) is 5.69 Å². The number of hydrogen-bond donors (Lipinski definition) is 4. The zero-order valence-corrected chi connectivity index (χ0v) is 19.1. The minimum atomic E-state index is -1.14. The molecule has 1 heterocycles. The molecule has 4 rings (SSSR count). The summed E-state index contributed by atoms with van der Waals surface area (Å²) in [6, 6.07) is 16.0. The van der Waals surface area contributed by atoms with Crippen molar-refractivity contribution in [1.29, 1.82) is 0 Å². The number of alkyl carbamates (subject to hydrolysis) is 1. The number of aliphatic hydroxyl groups is 1. The van der Waals surface area contributed by atoms with Gasteiger partial charge in [-0.05, 0) is 22.3 Å². The first kappa shape index (κ1) is 24.0. The van der Waals surface area contributed by atoms with Gasteiger partial charge in [-0.3, -0.25) is 9.48 Å². The van der Waals surface area contributed by atoms with Crippen LogP contribution in [0.4, 0.5) is 4.79 Å². The van der Waals surface area contributed by atoms with Gasteiger partial charge in [-0.25, -0.2) is 9.59 Å². The highest BCUT2D eigenvalue weighted by Crippen LogP contribution is 2.44. The molecule has 35 heavy (non-hydrogen) atoms. The Bertz CT molecular complexity index is 1210. The summed E-state index contributed by atoms with van der Waals surface area (Å²) in [5, 5.41) is 28.2. The number of aryl methyl sites for hydroxylation is 1. The third-order valence-electron chi connectivity index (χ3n) is 5.99. The van der Waals surface area contributed by atoms with Crippen molar-refractivity contribution in [3.8, 4) is 11.1 Å². The molecule has 0 radical (unpaired) electrons. The van der Waals surface area contributed by atoms with Crippen molar-refractivity contribution in [3.63, 3.8) is 0 Å². The molecule has 0 saturated heterocycles. The van der Waals surface area contributed by atoms with Gasteiger partial charge in [-0.15, -0.1) is 0 Å². The quantitative estimate of drug-likeness (QED) is 0.368. The molecule has 10 nitrogen and oxygen atoms in total. The molecule has 0 fully saturated rings. The molecule has 1 aromatic heterocycles. The van der Waals surface area contributed by atoms with Crippen molar-refractivity contribution < 1.29 is 29.3 Å². The summed E-state index contributed by atoms with van der Waals surface area (Å²) in [7, 11) is 1.57. The van der Waals surface area contributed by atoms with E-state index < -0.39 is 24.1 Å². The summed E-state index contributed by atoms with van der Waals surface area (Å²) in [6.07, 6.45) is -0.894. The maximum Gasteiger partial charge on any atom is 0.407 e. The highest BCUT2D eigenvalue weighted by molar-refractivity contribution is 5.88. The van der Waals surface area contributed by atoms with Gasteiger partial charge in [0.2, 0.25) is 5.91 Å². The van der Waals surface area contributed by atoms with E-state index in [9.17, 15) is 19.5 Å². The second-order valence-corrected chi connectivity index (χ2v) is 8.27. The van der Waals surface area contributed by atoms with Gasteiger partial charge in [0.05, 0.1) is 31.0 Å². The third-order valence-corrected chi connectivity index (χ3v) is 5.99. The summed E-state index contributed by atoms with van der Waals surface area (Å²) in [5.74, 6) is -1.72. The molecule has 3 aromatic rings. The summed E-state index contributed by atoms with van der Waals surface area (Å²) in [4.78, 5) is 35.6. The van der Waals surface area contributed by atoms with Crippen LogP contribution >= 0.6 is 0 Å². The number of carbonyl (C=O) groups is 3. The van der Waals surface area contributed by atoms with Crippen LogP contribution in [0, 0.1) is 0 Å². The average molecular weight is 479 g/mol. The Morgan fingerprint density at radius 1 is 1.06 bits per heavy atom. The van der Waals surface area contributed by atoms with Crippen molar-refractivity contribution in [2.24, 2.45) is 7.05 Å². The van der Waals surface area contributed by atoms with Crippen LogP contribution < -0.4 is 10.6 Å². The van der Waals surface area contributed by atoms with E-state index >= 15 is 0 Å². The number of aromatic nitrogens is 2. The Kier molecular flexibility index (Phi) is 7.11. The second-order valence-electron chi connectivity index (χ2n) is 8.27. The third kappa shape index (κ3) is 5.33. The number of benzene rings is 2. The van der Waals surface area contributed by atoms with E-state index in [-0.39, 0.29) is 37.6 Å². The predicted octanol–water partition coefficient (Wildman–Crippen LogP) is 2.02. The van der Waals surface area contributed by atoms with Crippen LogP contribution in [-0.2, 0) is 23.1 Å². The van der Waals surface area contributed by atoms with Crippen molar-refractivity contribution in [3.05, 3.63) is 77.1 Å². The van der Waals surface area contributed by atoms with Crippen LogP contribution in [0.15, 0.2) is 54.7 Å². The zero-order chi connectivity index (χ0) is 24.9. The molecule has 0 spiro atoms. The number of hydrogen-bond acceptors (Lipinski definition) is 6. The molecule has 0 saturated carbocycles. The lowest BCUT2D eigenvalue weighted by atomic mass is 9.98. The molecular weight excluding hydrogens is 452 g/mol. The van der Waals surface area contributed by atoms with Crippen LogP contribution in [0.2, 0.25) is 0 Å². The Morgan fingerprint density at radius 2 is 1.69 bits per heavy atom. The first-order valence-corrected chi connectivity index (χ1v) is 11.1. The molecule has 0 bridgehead atoms. The number of carbonyl (C=O) groups excluding carboxylic acids is 2. The standard InChI is InChI=1S/C25H26N4O6/c1-29-22(20(12-28-29)24(32)33)13-26-23(31)10-15(30)11-27-25(34)35-14-21-18-8-4-2-6-16(18)17-7-3-5-9-19(17)21/h2-9,12,15,21,30H,10-11,13-14H2,1H3,(H,26,31)(H,27,34)(H,32,33). The lowest BCUT2D eigenvalue weighted by Gasteiger charge is -2.16. The van der Waals surface area contributed by atoms with Gasteiger partial charge in [-0.1, -0.05) is 48.5 Å². The van der Waals surface area contributed by atoms with E-state index in [0.717, 1.165) is 22.3 Å². The Balaban J connectivity index is 1.23. The first-order chi connectivity index (χ1) is 16.8. The fourth-order valence-corrected chi connectivity index (χ4v) is 4.24. The minimum absolute atomic E-state index is 0.00901. The molecule has 1 aliphatic rings. The summed E-state index contributed by atoms with van der Waals surface area (Å²) >= 11 is 0. The number of rotatable bonds is 9.